The molecule has 0 saturated heterocycles. The molecule has 2 N–H and O–H groups in total. The van der Waals surface area contributed by atoms with Gasteiger partial charge in [-0.3, -0.25) is 20.4 Å². The minimum Gasteiger partial charge on any atom is -0.273 e. The van der Waals surface area contributed by atoms with Crippen LogP contribution < -0.4 is 10.9 Å². The molecule has 3 aromatic carbocycles. The molecule has 0 radical (unpaired) electrons. The molecule has 0 heterocycles. The number of hydrogen-bond acceptors (Lipinski definition) is 2. The van der Waals surface area contributed by atoms with Crippen molar-refractivity contribution in [1.82, 2.24) is 10.9 Å². The third-order valence-electron chi connectivity index (χ3n) is 6.52. The lowest BCUT2D eigenvalue weighted by atomic mass is 9.85. The first kappa shape index (κ1) is 18.6. The van der Waals surface area contributed by atoms with Crippen molar-refractivity contribution in [2.75, 3.05) is 0 Å². The van der Waals surface area contributed by atoms with E-state index in [0.29, 0.717) is 0 Å². The second-order valence-corrected chi connectivity index (χ2v) is 8.30. The number of hydrogen-bond donors (Lipinski definition) is 2. The van der Waals surface area contributed by atoms with Crippen LogP contribution in [0, 0.1) is 11.8 Å². The van der Waals surface area contributed by atoms with Crippen LogP contribution in [0.1, 0.15) is 35.4 Å². The number of amides is 2. The normalized spacial score (nSPS) is 23.3. The fourth-order valence-electron chi connectivity index (χ4n) is 4.71. The van der Waals surface area contributed by atoms with E-state index in [4.69, 9.17) is 0 Å². The summed E-state index contributed by atoms with van der Waals surface area (Å²) in [4.78, 5) is 25.5. The summed E-state index contributed by atoms with van der Waals surface area (Å²) in [5.74, 6) is -0.265. The van der Waals surface area contributed by atoms with Gasteiger partial charge in [0.2, 0.25) is 11.8 Å². The van der Waals surface area contributed by atoms with E-state index in [1.54, 1.807) is 0 Å². The van der Waals surface area contributed by atoms with Gasteiger partial charge in [0.25, 0.3) is 0 Å². The largest absolute Gasteiger partial charge is 0.273 e. The number of carbonyl (C=O) groups excluding carboxylic acids is 2. The third-order valence-corrected chi connectivity index (χ3v) is 6.52. The van der Waals surface area contributed by atoms with Crippen molar-refractivity contribution in [1.29, 1.82) is 0 Å². The Morgan fingerprint density at radius 2 is 1.20 bits per heavy atom. The molecular weight excluding hydrogens is 372 g/mol. The molecule has 2 amide bonds. The lowest BCUT2D eigenvalue weighted by Crippen LogP contribution is -2.44. The van der Waals surface area contributed by atoms with Crippen LogP contribution in [0.25, 0.3) is 0 Å². The van der Waals surface area contributed by atoms with Crippen LogP contribution in [0.5, 0.6) is 0 Å². The van der Waals surface area contributed by atoms with Crippen molar-refractivity contribution in [3.8, 4) is 0 Å². The zero-order chi connectivity index (χ0) is 20.6. The van der Waals surface area contributed by atoms with E-state index >= 15 is 0 Å². The number of rotatable bonds is 5. The van der Waals surface area contributed by atoms with Crippen LogP contribution in [-0.2, 0) is 15.0 Å². The summed E-state index contributed by atoms with van der Waals surface area (Å²) >= 11 is 0. The minimum atomic E-state index is -0.330. The first-order valence-electron chi connectivity index (χ1n) is 10.5. The van der Waals surface area contributed by atoms with Crippen LogP contribution in [0.3, 0.4) is 0 Å². The Hall–Kier alpha value is -3.40. The van der Waals surface area contributed by atoms with Gasteiger partial charge in [-0.15, -0.1) is 0 Å². The van der Waals surface area contributed by atoms with Gasteiger partial charge < -0.3 is 0 Å². The summed E-state index contributed by atoms with van der Waals surface area (Å²) in [6.45, 7) is 0. The molecule has 0 spiro atoms. The van der Waals surface area contributed by atoms with Crippen LogP contribution in [0.4, 0.5) is 0 Å². The van der Waals surface area contributed by atoms with Crippen molar-refractivity contribution < 1.29 is 9.59 Å². The van der Waals surface area contributed by atoms with Crippen molar-refractivity contribution >= 4 is 11.8 Å². The molecule has 4 nitrogen and oxygen atoms in total. The van der Waals surface area contributed by atoms with Gasteiger partial charge in [0.15, 0.2) is 0 Å². The quantitative estimate of drug-likeness (QED) is 0.642. The van der Waals surface area contributed by atoms with E-state index < -0.39 is 0 Å². The monoisotopic (exact) mass is 396 g/mol. The third kappa shape index (κ3) is 3.28. The molecule has 2 fully saturated rings. The van der Waals surface area contributed by atoms with E-state index in [-0.39, 0.29) is 35.0 Å². The fourth-order valence-corrected chi connectivity index (χ4v) is 4.71. The lowest BCUT2D eigenvalue weighted by molar-refractivity contribution is -0.130. The zero-order valence-electron chi connectivity index (χ0n) is 16.6. The number of nitrogens with one attached hydrogen (secondary N) is 2. The first-order valence-corrected chi connectivity index (χ1v) is 10.5. The van der Waals surface area contributed by atoms with Gasteiger partial charge in [0.1, 0.15) is 0 Å². The van der Waals surface area contributed by atoms with Crippen LogP contribution in [-0.4, -0.2) is 11.8 Å². The van der Waals surface area contributed by atoms with E-state index in [1.807, 2.05) is 54.6 Å². The van der Waals surface area contributed by atoms with Crippen LogP contribution in [0.15, 0.2) is 91.0 Å². The van der Waals surface area contributed by atoms with Gasteiger partial charge in [0.05, 0.1) is 5.92 Å². The van der Waals surface area contributed by atoms with Crippen molar-refractivity contribution in [2.45, 2.75) is 24.2 Å². The lowest BCUT2D eigenvalue weighted by Gasteiger charge is -2.19. The van der Waals surface area contributed by atoms with E-state index in [0.717, 1.165) is 24.0 Å². The van der Waals surface area contributed by atoms with Crippen molar-refractivity contribution in [3.05, 3.63) is 108 Å². The summed E-state index contributed by atoms with van der Waals surface area (Å²) in [6.07, 6.45) is 1.56. The van der Waals surface area contributed by atoms with Gasteiger partial charge in [-0.1, -0.05) is 91.0 Å². The fraction of sp³-hybridized carbons (Fsp3) is 0.231. The molecule has 2 aliphatic carbocycles. The molecule has 0 bridgehead atoms. The molecule has 3 atom stereocenters. The van der Waals surface area contributed by atoms with Crippen LogP contribution in [0.2, 0.25) is 0 Å². The maximum absolute atomic E-state index is 12.9. The van der Waals surface area contributed by atoms with Gasteiger partial charge in [0, 0.05) is 11.3 Å². The molecule has 0 aromatic heterocycles. The smallest absolute Gasteiger partial charge is 0.242 e. The minimum absolute atomic E-state index is 0.0695. The SMILES string of the molecule is O=C(NNC(=O)[C@H]1CC1(c1ccccc1)c1ccccc1)[C@H]1C[C@@H]1c1ccccc1. The Kier molecular flexibility index (Phi) is 4.62. The van der Waals surface area contributed by atoms with Crippen molar-refractivity contribution in [3.63, 3.8) is 0 Å². The molecule has 5 rings (SSSR count). The van der Waals surface area contributed by atoms with Crippen molar-refractivity contribution in [2.24, 2.45) is 11.8 Å². The van der Waals surface area contributed by atoms with Gasteiger partial charge in [-0.2, -0.15) is 0 Å². The van der Waals surface area contributed by atoms with E-state index in [2.05, 4.69) is 47.2 Å². The zero-order valence-corrected chi connectivity index (χ0v) is 16.6. The van der Waals surface area contributed by atoms with Gasteiger partial charge in [-0.25, -0.2) is 0 Å². The summed E-state index contributed by atoms with van der Waals surface area (Å²) in [5.41, 5.74) is 8.48. The summed E-state index contributed by atoms with van der Waals surface area (Å²) in [5, 5.41) is 0. The average Bonchev–Trinajstić information content (AvgIpc) is 3.73. The van der Waals surface area contributed by atoms with Crippen LogP contribution >= 0.6 is 0 Å². The maximum atomic E-state index is 12.9. The average molecular weight is 396 g/mol. The molecule has 2 saturated carbocycles. The Labute approximate surface area is 176 Å². The van der Waals surface area contributed by atoms with Gasteiger partial charge in [-0.05, 0) is 35.4 Å². The maximum Gasteiger partial charge on any atom is 0.242 e. The highest BCUT2D eigenvalue weighted by atomic mass is 16.2. The topological polar surface area (TPSA) is 58.2 Å². The Morgan fingerprint density at radius 1 is 0.700 bits per heavy atom. The number of carbonyl (C=O) groups is 2. The standard InChI is InChI=1S/C26H24N2O2/c29-24(22-16-21(22)18-10-4-1-5-11-18)27-28-25(30)23-17-26(23,19-12-6-2-7-13-19)20-14-8-3-9-15-20/h1-15,21-23H,16-17H2,(H,27,29)(H,28,30)/t21-,22+,23-/m1/s1. The highest BCUT2D eigenvalue weighted by molar-refractivity contribution is 5.89. The Balaban J connectivity index is 1.25. The molecule has 0 aliphatic heterocycles. The molecule has 0 unspecified atom stereocenters. The summed E-state index contributed by atoms with van der Waals surface area (Å²) < 4.78 is 0. The molecular formula is C26H24N2O2. The summed E-state index contributed by atoms with van der Waals surface area (Å²) in [7, 11) is 0. The second kappa shape index (κ2) is 7.45. The number of benzene rings is 3. The predicted octanol–water partition coefficient (Wildman–Crippen LogP) is 3.94. The number of hydrazine groups is 1. The molecule has 3 aromatic rings. The molecule has 30 heavy (non-hydrogen) atoms. The second-order valence-electron chi connectivity index (χ2n) is 8.30. The van der Waals surface area contributed by atoms with E-state index in [9.17, 15) is 9.59 Å². The van der Waals surface area contributed by atoms with Gasteiger partial charge >= 0.3 is 0 Å². The molecule has 4 heteroatoms. The molecule has 150 valence electrons. The summed E-state index contributed by atoms with van der Waals surface area (Å²) in [6, 6.07) is 30.4. The Bertz CT molecular complexity index is 1010. The first-order chi connectivity index (χ1) is 14.7. The predicted molar refractivity (Wildman–Crippen MR) is 115 cm³/mol. The molecule has 2 aliphatic rings. The van der Waals surface area contributed by atoms with E-state index in [1.165, 1.54) is 5.56 Å². The Morgan fingerprint density at radius 3 is 1.77 bits per heavy atom. The highest BCUT2D eigenvalue weighted by Crippen LogP contribution is 2.58. The highest BCUT2D eigenvalue weighted by Gasteiger charge is 2.60.